The van der Waals surface area contributed by atoms with Crippen LogP contribution >= 0.6 is 0 Å². The van der Waals surface area contributed by atoms with Crippen molar-refractivity contribution in [3.63, 3.8) is 0 Å². The fourth-order valence-corrected chi connectivity index (χ4v) is 1.26. The molecule has 1 amide bonds. The molecule has 0 saturated carbocycles. The van der Waals surface area contributed by atoms with Gasteiger partial charge in [0.15, 0.2) is 5.69 Å². The van der Waals surface area contributed by atoms with Crippen molar-refractivity contribution in [1.29, 1.82) is 5.26 Å². The van der Waals surface area contributed by atoms with Gasteiger partial charge in [-0.2, -0.15) is 10.4 Å². The molecule has 0 saturated heterocycles. The fourth-order valence-electron chi connectivity index (χ4n) is 1.26. The van der Waals surface area contributed by atoms with Gasteiger partial charge >= 0.3 is 0 Å². The number of carbonyl (C=O) groups excluding carboxylic acids is 1. The Labute approximate surface area is 93.3 Å². The Balaban J connectivity index is 3.52. The molecule has 0 bridgehead atoms. The van der Waals surface area contributed by atoms with E-state index in [0.717, 1.165) is 0 Å². The van der Waals surface area contributed by atoms with E-state index in [0.29, 0.717) is 6.41 Å². The number of hydrogen-bond donors (Lipinski definition) is 1. The lowest BCUT2D eigenvalue weighted by Crippen LogP contribution is -2.25. The van der Waals surface area contributed by atoms with Crippen molar-refractivity contribution in [1.82, 2.24) is 9.78 Å². The van der Waals surface area contributed by atoms with Gasteiger partial charge in [0, 0.05) is 0 Å². The summed E-state index contributed by atoms with van der Waals surface area (Å²) in [4.78, 5) is 13.7. The molecule has 1 N–H and O–H groups in total. The lowest BCUT2D eigenvalue weighted by atomic mass is 10.1. The van der Waals surface area contributed by atoms with Gasteiger partial charge in [-0.25, -0.2) is 4.85 Å². The summed E-state index contributed by atoms with van der Waals surface area (Å²) in [5, 5.41) is 15.3. The smallest absolute Gasteiger partial charge is 0.265 e. The summed E-state index contributed by atoms with van der Waals surface area (Å²) in [7, 11) is 0. The zero-order valence-electron chi connectivity index (χ0n) is 9.27. The Kier molecular flexibility index (Phi) is 2.96. The molecule has 6 nitrogen and oxygen atoms in total. The van der Waals surface area contributed by atoms with Crippen LogP contribution in [0.3, 0.4) is 0 Å². The molecule has 0 spiro atoms. The fraction of sp³-hybridized carbons (Fsp3) is 0.400. The minimum atomic E-state index is -0.417. The summed E-state index contributed by atoms with van der Waals surface area (Å²) in [6.07, 6.45) is 0.467. The highest BCUT2D eigenvalue weighted by Crippen LogP contribution is 2.32. The molecule has 1 aromatic heterocycles. The van der Waals surface area contributed by atoms with E-state index >= 15 is 0 Å². The third-order valence-corrected chi connectivity index (χ3v) is 1.91. The number of nitrogens with one attached hydrogen (secondary N) is 1. The molecule has 0 aliphatic heterocycles. The van der Waals surface area contributed by atoms with Crippen molar-refractivity contribution in [3.8, 4) is 6.07 Å². The predicted molar refractivity (Wildman–Crippen MR) is 57.9 cm³/mol. The molecule has 0 unspecified atom stereocenters. The topological polar surface area (TPSA) is 75.1 Å². The zero-order valence-corrected chi connectivity index (χ0v) is 9.27. The van der Waals surface area contributed by atoms with E-state index in [1.165, 1.54) is 4.68 Å². The first-order valence-electron chi connectivity index (χ1n) is 4.57. The average molecular weight is 217 g/mol. The van der Waals surface area contributed by atoms with E-state index in [1.807, 2.05) is 26.8 Å². The van der Waals surface area contributed by atoms with E-state index in [2.05, 4.69) is 15.3 Å². The number of nitrogens with zero attached hydrogens (tertiary/aromatic N) is 4. The number of hydrogen-bond acceptors (Lipinski definition) is 3. The molecule has 1 rings (SSSR count). The lowest BCUT2D eigenvalue weighted by Gasteiger charge is -2.22. The third-order valence-electron chi connectivity index (χ3n) is 1.91. The Bertz CT molecular complexity index is 495. The highest BCUT2D eigenvalue weighted by atomic mass is 16.1. The molecule has 0 aliphatic carbocycles. The minimum Gasteiger partial charge on any atom is -0.322 e. The Hall–Kier alpha value is -2.34. The quantitative estimate of drug-likeness (QED) is 0.604. The van der Waals surface area contributed by atoms with Crippen LogP contribution in [0.25, 0.3) is 4.85 Å². The summed E-state index contributed by atoms with van der Waals surface area (Å²) < 4.78 is 1.47. The van der Waals surface area contributed by atoms with Gasteiger partial charge < -0.3 is 5.32 Å². The van der Waals surface area contributed by atoms with Crippen LogP contribution in [0, 0.1) is 17.9 Å². The maximum atomic E-state index is 10.5. The standard InChI is InChI=1S/C10H11N5O/c1-10(2,3)15-9(13-6-16)8(12-4)7(5-11)14-15/h6H,1-3H3,(H,13,16). The first-order chi connectivity index (χ1) is 7.45. The van der Waals surface area contributed by atoms with Crippen LogP contribution in [-0.2, 0) is 10.3 Å². The summed E-state index contributed by atoms with van der Waals surface area (Å²) >= 11 is 0. The first-order valence-corrected chi connectivity index (χ1v) is 4.57. The van der Waals surface area contributed by atoms with Gasteiger partial charge in [0.25, 0.3) is 5.69 Å². The van der Waals surface area contributed by atoms with E-state index in [9.17, 15) is 4.79 Å². The van der Waals surface area contributed by atoms with Gasteiger partial charge in [-0.15, -0.1) is 0 Å². The molecule has 16 heavy (non-hydrogen) atoms. The van der Waals surface area contributed by atoms with Crippen molar-refractivity contribution in [2.75, 3.05) is 5.32 Å². The van der Waals surface area contributed by atoms with Crippen LogP contribution in [0.4, 0.5) is 11.5 Å². The molecular formula is C10H11N5O. The van der Waals surface area contributed by atoms with Gasteiger partial charge in [-0.05, 0) is 20.8 Å². The Morgan fingerprint density at radius 2 is 2.25 bits per heavy atom. The number of rotatable bonds is 2. The van der Waals surface area contributed by atoms with Gasteiger partial charge in [-0.1, -0.05) is 0 Å². The minimum absolute atomic E-state index is 0.0225. The second-order valence-corrected chi connectivity index (χ2v) is 4.11. The Morgan fingerprint density at radius 3 is 2.62 bits per heavy atom. The van der Waals surface area contributed by atoms with Crippen LogP contribution in [-0.4, -0.2) is 16.2 Å². The number of aromatic nitrogens is 2. The summed E-state index contributed by atoms with van der Waals surface area (Å²) in [6.45, 7) is 12.6. The van der Waals surface area contributed by atoms with Gasteiger partial charge in [0.2, 0.25) is 6.41 Å². The van der Waals surface area contributed by atoms with Gasteiger partial charge in [0.05, 0.1) is 12.1 Å². The van der Waals surface area contributed by atoms with Crippen LogP contribution in [0.15, 0.2) is 0 Å². The number of amides is 1. The molecule has 82 valence electrons. The molecule has 0 aliphatic rings. The maximum absolute atomic E-state index is 10.5. The Morgan fingerprint density at radius 1 is 1.62 bits per heavy atom. The van der Waals surface area contributed by atoms with Crippen LogP contribution < -0.4 is 5.32 Å². The maximum Gasteiger partial charge on any atom is 0.265 e. The normalized spacial score (nSPS) is 10.3. The summed E-state index contributed by atoms with van der Waals surface area (Å²) in [5.74, 6) is 0.258. The van der Waals surface area contributed by atoms with Crippen molar-refractivity contribution in [3.05, 3.63) is 17.1 Å². The van der Waals surface area contributed by atoms with Crippen molar-refractivity contribution in [2.45, 2.75) is 26.3 Å². The molecule has 0 fully saturated rings. The second-order valence-electron chi connectivity index (χ2n) is 4.11. The van der Waals surface area contributed by atoms with E-state index < -0.39 is 5.54 Å². The molecule has 1 heterocycles. The van der Waals surface area contributed by atoms with Crippen LogP contribution in [0.1, 0.15) is 26.5 Å². The monoisotopic (exact) mass is 217 g/mol. The third kappa shape index (κ3) is 1.86. The van der Waals surface area contributed by atoms with Crippen molar-refractivity contribution in [2.24, 2.45) is 0 Å². The van der Waals surface area contributed by atoms with E-state index in [1.54, 1.807) is 0 Å². The average Bonchev–Trinajstić information content (AvgIpc) is 2.56. The highest BCUT2D eigenvalue weighted by molar-refractivity contribution is 5.81. The van der Waals surface area contributed by atoms with E-state index in [4.69, 9.17) is 11.8 Å². The SMILES string of the molecule is [C-]#[N+]c1c(C#N)nn(C(C)(C)C)c1NC=O. The molecule has 1 aromatic rings. The molecule has 6 heteroatoms. The molecule has 0 radical (unpaired) electrons. The van der Waals surface area contributed by atoms with E-state index in [-0.39, 0.29) is 17.2 Å². The summed E-state index contributed by atoms with van der Waals surface area (Å²) in [6, 6.07) is 1.84. The molecular weight excluding hydrogens is 206 g/mol. The zero-order chi connectivity index (χ0) is 12.3. The first kappa shape index (κ1) is 11.7. The van der Waals surface area contributed by atoms with Gasteiger partial charge in [0.1, 0.15) is 11.9 Å². The second kappa shape index (κ2) is 4.03. The van der Waals surface area contributed by atoms with Gasteiger partial charge in [-0.3, -0.25) is 9.48 Å². The number of nitriles is 1. The predicted octanol–water partition coefficient (Wildman–Crippen LogP) is 1.63. The lowest BCUT2D eigenvalue weighted by molar-refractivity contribution is -0.105. The largest absolute Gasteiger partial charge is 0.322 e. The molecule has 0 atom stereocenters. The van der Waals surface area contributed by atoms with Crippen molar-refractivity contribution >= 4 is 17.9 Å². The van der Waals surface area contributed by atoms with Crippen molar-refractivity contribution < 1.29 is 4.79 Å². The highest BCUT2D eigenvalue weighted by Gasteiger charge is 2.24. The van der Waals surface area contributed by atoms with Crippen LogP contribution in [0.2, 0.25) is 0 Å². The summed E-state index contributed by atoms with van der Waals surface area (Å²) in [5.41, 5.74) is -0.321. The molecule has 0 aromatic carbocycles. The number of carbonyl (C=O) groups is 1. The van der Waals surface area contributed by atoms with Crippen LogP contribution in [0.5, 0.6) is 0 Å². The number of anilines is 1.